The Hall–Kier alpha value is -1.30. The minimum Gasteiger partial charge on any atom is -0.480 e. The second kappa shape index (κ2) is 7.64. The molecule has 1 aliphatic heterocycles. The molecule has 2 amide bonds. The van der Waals surface area contributed by atoms with Crippen LogP contribution in [0, 0.1) is 11.3 Å². The van der Waals surface area contributed by atoms with Crippen LogP contribution in [0.1, 0.15) is 40.0 Å². The Kier molecular flexibility index (Phi) is 6.45. The van der Waals surface area contributed by atoms with E-state index in [0.29, 0.717) is 19.7 Å². The highest BCUT2D eigenvalue weighted by atomic mass is 16.5. The van der Waals surface area contributed by atoms with Crippen LogP contribution in [-0.2, 0) is 9.53 Å². The minimum atomic E-state index is -0.920. The molecule has 1 heterocycles. The van der Waals surface area contributed by atoms with Crippen molar-refractivity contribution < 1.29 is 19.4 Å². The molecule has 6 nitrogen and oxygen atoms in total. The Morgan fingerprint density at radius 1 is 1.43 bits per heavy atom. The molecular formula is C15H28N2O4. The largest absolute Gasteiger partial charge is 0.480 e. The number of aliphatic carboxylic acids is 1. The predicted octanol–water partition coefficient (Wildman–Crippen LogP) is 1.94. The molecule has 0 bridgehead atoms. The summed E-state index contributed by atoms with van der Waals surface area (Å²) in [5, 5.41) is 12.2. The van der Waals surface area contributed by atoms with Gasteiger partial charge in [0.2, 0.25) is 0 Å². The van der Waals surface area contributed by atoms with Gasteiger partial charge in [-0.3, -0.25) is 0 Å². The van der Waals surface area contributed by atoms with Crippen molar-refractivity contribution in [2.45, 2.75) is 46.1 Å². The monoisotopic (exact) mass is 300 g/mol. The summed E-state index contributed by atoms with van der Waals surface area (Å²) >= 11 is 0. The van der Waals surface area contributed by atoms with Crippen LogP contribution < -0.4 is 5.32 Å². The van der Waals surface area contributed by atoms with Gasteiger partial charge in [-0.1, -0.05) is 20.8 Å². The van der Waals surface area contributed by atoms with Gasteiger partial charge in [0.15, 0.2) is 0 Å². The van der Waals surface area contributed by atoms with Crippen molar-refractivity contribution in [3.63, 3.8) is 0 Å². The average molecular weight is 300 g/mol. The number of likely N-dealkylation sites (tertiary alicyclic amines) is 1. The number of carbonyl (C=O) groups is 2. The lowest BCUT2D eigenvalue weighted by molar-refractivity contribution is -0.145. The van der Waals surface area contributed by atoms with Crippen LogP contribution in [0.3, 0.4) is 0 Å². The quantitative estimate of drug-likeness (QED) is 0.786. The zero-order valence-electron chi connectivity index (χ0n) is 13.5. The van der Waals surface area contributed by atoms with Gasteiger partial charge < -0.3 is 20.1 Å². The summed E-state index contributed by atoms with van der Waals surface area (Å²) < 4.78 is 5.06. The summed E-state index contributed by atoms with van der Waals surface area (Å²) in [6.45, 7) is 7.65. The molecule has 21 heavy (non-hydrogen) atoms. The first-order chi connectivity index (χ1) is 9.78. The molecule has 122 valence electrons. The summed E-state index contributed by atoms with van der Waals surface area (Å²) in [4.78, 5) is 25.1. The van der Waals surface area contributed by atoms with E-state index in [9.17, 15) is 14.7 Å². The molecule has 1 saturated heterocycles. The lowest BCUT2D eigenvalue weighted by Crippen LogP contribution is -2.55. The van der Waals surface area contributed by atoms with Crippen LogP contribution in [0.5, 0.6) is 0 Å². The van der Waals surface area contributed by atoms with Crippen molar-refractivity contribution in [3.8, 4) is 0 Å². The number of carboxylic acid groups (broad SMARTS) is 1. The third-order valence-corrected chi connectivity index (χ3v) is 4.15. The van der Waals surface area contributed by atoms with E-state index in [1.54, 1.807) is 7.11 Å². The van der Waals surface area contributed by atoms with Crippen molar-refractivity contribution in [1.82, 2.24) is 10.2 Å². The molecule has 0 saturated carbocycles. The fraction of sp³-hybridized carbons (Fsp3) is 0.867. The first kappa shape index (κ1) is 17.8. The van der Waals surface area contributed by atoms with Crippen molar-refractivity contribution in [3.05, 3.63) is 0 Å². The normalized spacial score (nSPS) is 23.0. The van der Waals surface area contributed by atoms with E-state index >= 15 is 0 Å². The Morgan fingerprint density at radius 2 is 2.10 bits per heavy atom. The number of piperidine rings is 1. The van der Waals surface area contributed by atoms with Gasteiger partial charge in [0, 0.05) is 26.8 Å². The molecule has 0 aliphatic carbocycles. The van der Waals surface area contributed by atoms with Crippen LogP contribution in [-0.4, -0.2) is 54.9 Å². The van der Waals surface area contributed by atoms with Crippen molar-refractivity contribution in [2.24, 2.45) is 11.3 Å². The molecule has 1 rings (SSSR count). The zero-order valence-corrected chi connectivity index (χ0v) is 13.5. The average Bonchev–Trinajstić information content (AvgIpc) is 2.42. The highest BCUT2D eigenvalue weighted by Gasteiger charge is 2.37. The van der Waals surface area contributed by atoms with Gasteiger partial charge >= 0.3 is 12.0 Å². The maximum atomic E-state index is 12.3. The van der Waals surface area contributed by atoms with E-state index in [-0.39, 0.29) is 17.4 Å². The van der Waals surface area contributed by atoms with Gasteiger partial charge in [-0.05, 0) is 30.6 Å². The topological polar surface area (TPSA) is 78.9 Å². The van der Waals surface area contributed by atoms with Gasteiger partial charge in [0.1, 0.15) is 6.04 Å². The molecule has 2 N–H and O–H groups in total. The highest BCUT2D eigenvalue weighted by Crippen LogP contribution is 2.24. The summed E-state index contributed by atoms with van der Waals surface area (Å²) in [6, 6.07) is -1.000. The van der Waals surface area contributed by atoms with E-state index in [1.165, 1.54) is 4.90 Å². The van der Waals surface area contributed by atoms with Gasteiger partial charge in [-0.25, -0.2) is 9.59 Å². The van der Waals surface area contributed by atoms with E-state index in [4.69, 9.17) is 4.74 Å². The maximum Gasteiger partial charge on any atom is 0.326 e. The molecule has 0 spiro atoms. The molecule has 6 heteroatoms. The van der Waals surface area contributed by atoms with Crippen LogP contribution >= 0.6 is 0 Å². The molecular weight excluding hydrogens is 272 g/mol. The number of hydrogen-bond acceptors (Lipinski definition) is 3. The number of carboxylic acids is 1. The first-order valence-electron chi connectivity index (χ1n) is 7.55. The Morgan fingerprint density at radius 3 is 2.67 bits per heavy atom. The lowest BCUT2D eigenvalue weighted by atomic mass is 9.89. The Balaban J connectivity index is 2.59. The van der Waals surface area contributed by atoms with E-state index in [1.807, 2.05) is 6.92 Å². The number of urea groups is 1. The molecule has 0 radical (unpaired) electrons. The number of nitrogens with one attached hydrogen (secondary N) is 1. The third kappa shape index (κ3) is 5.19. The Bertz CT molecular complexity index is 371. The predicted molar refractivity (Wildman–Crippen MR) is 80.2 cm³/mol. The highest BCUT2D eigenvalue weighted by molar-refractivity contribution is 5.83. The molecule has 1 fully saturated rings. The maximum absolute atomic E-state index is 12.3. The number of rotatable bonds is 6. The van der Waals surface area contributed by atoms with E-state index in [0.717, 1.165) is 19.3 Å². The minimum absolute atomic E-state index is 0.0106. The number of amides is 2. The SMILES string of the molecule is COCCC(C)(C)CNC(=O)N1CCCC(C)C1C(=O)O. The fourth-order valence-corrected chi connectivity index (χ4v) is 2.68. The number of methoxy groups -OCH3 is 1. The first-order valence-corrected chi connectivity index (χ1v) is 7.55. The standard InChI is InChI=1S/C15H28N2O4/c1-11-6-5-8-17(12(11)13(18)19)14(20)16-10-15(2,3)7-9-21-4/h11-12H,5-10H2,1-4H3,(H,16,20)(H,18,19). The molecule has 0 aromatic rings. The van der Waals surface area contributed by atoms with Crippen LogP contribution in [0.25, 0.3) is 0 Å². The van der Waals surface area contributed by atoms with Gasteiger partial charge in [0.05, 0.1) is 0 Å². The summed E-state index contributed by atoms with van der Waals surface area (Å²) in [5.74, 6) is -0.931. The zero-order chi connectivity index (χ0) is 16.0. The van der Waals surface area contributed by atoms with E-state index < -0.39 is 12.0 Å². The smallest absolute Gasteiger partial charge is 0.326 e. The third-order valence-electron chi connectivity index (χ3n) is 4.15. The van der Waals surface area contributed by atoms with Crippen molar-refractivity contribution >= 4 is 12.0 Å². The van der Waals surface area contributed by atoms with Gasteiger partial charge in [-0.2, -0.15) is 0 Å². The van der Waals surface area contributed by atoms with Crippen LogP contribution in [0.2, 0.25) is 0 Å². The molecule has 2 atom stereocenters. The lowest BCUT2D eigenvalue weighted by Gasteiger charge is -2.38. The van der Waals surface area contributed by atoms with Crippen LogP contribution in [0.4, 0.5) is 4.79 Å². The number of ether oxygens (including phenoxy) is 1. The molecule has 0 aromatic heterocycles. The summed E-state index contributed by atoms with van der Waals surface area (Å²) in [6.07, 6.45) is 2.54. The molecule has 0 aromatic carbocycles. The summed E-state index contributed by atoms with van der Waals surface area (Å²) in [7, 11) is 1.65. The van der Waals surface area contributed by atoms with Crippen molar-refractivity contribution in [1.29, 1.82) is 0 Å². The second-order valence-electron chi connectivity index (χ2n) is 6.66. The molecule has 2 unspecified atom stereocenters. The molecule has 1 aliphatic rings. The second-order valence-corrected chi connectivity index (χ2v) is 6.66. The van der Waals surface area contributed by atoms with Gasteiger partial charge in [0.25, 0.3) is 0 Å². The van der Waals surface area contributed by atoms with Crippen molar-refractivity contribution in [2.75, 3.05) is 26.8 Å². The fourth-order valence-electron chi connectivity index (χ4n) is 2.68. The van der Waals surface area contributed by atoms with E-state index in [2.05, 4.69) is 19.2 Å². The van der Waals surface area contributed by atoms with Crippen LogP contribution in [0.15, 0.2) is 0 Å². The number of hydrogen-bond donors (Lipinski definition) is 2. The number of nitrogens with zero attached hydrogens (tertiary/aromatic N) is 1. The Labute approximate surface area is 126 Å². The summed E-state index contributed by atoms with van der Waals surface area (Å²) in [5.41, 5.74) is -0.0776. The van der Waals surface area contributed by atoms with Gasteiger partial charge in [-0.15, -0.1) is 0 Å². The number of carbonyl (C=O) groups excluding carboxylic acids is 1.